The maximum Gasteiger partial charge on any atom is 0.258 e. The number of fused-ring (bicyclic) bond motifs is 1. The van der Waals surface area contributed by atoms with Crippen LogP contribution in [0.4, 0.5) is 5.69 Å². The maximum absolute atomic E-state index is 12.5. The number of pyridine rings is 1. The summed E-state index contributed by atoms with van der Waals surface area (Å²) in [6.45, 7) is 2.48. The summed E-state index contributed by atoms with van der Waals surface area (Å²) in [5.74, 6) is 2.91. The van der Waals surface area contributed by atoms with E-state index >= 15 is 0 Å². The molecule has 7 rings (SSSR count). The van der Waals surface area contributed by atoms with Crippen molar-refractivity contribution in [1.29, 1.82) is 0 Å². The SMILES string of the molecule is Cc1cccc2nc(CNc3ccc(C45CC6CC(CC(C6)C4)C5)cc3)cc(=O)n12. The number of aromatic nitrogens is 2. The Morgan fingerprint density at radius 2 is 1.67 bits per heavy atom. The smallest absolute Gasteiger partial charge is 0.258 e. The molecule has 0 amide bonds. The quantitative estimate of drug-likeness (QED) is 0.665. The third-order valence-corrected chi connectivity index (χ3v) is 7.94. The Morgan fingerprint density at radius 1 is 1.00 bits per heavy atom. The highest BCUT2D eigenvalue weighted by atomic mass is 16.1. The lowest BCUT2D eigenvalue weighted by Crippen LogP contribution is -2.48. The number of hydrogen-bond donors (Lipinski definition) is 1. The number of nitrogens with zero attached hydrogens (tertiary/aromatic N) is 2. The summed E-state index contributed by atoms with van der Waals surface area (Å²) >= 11 is 0. The summed E-state index contributed by atoms with van der Waals surface area (Å²) in [6, 6.07) is 16.5. The van der Waals surface area contributed by atoms with E-state index in [9.17, 15) is 4.79 Å². The Morgan fingerprint density at radius 3 is 2.33 bits per heavy atom. The minimum Gasteiger partial charge on any atom is -0.379 e. The van der Waals surface area contributed by atoms with Gasteiger partial charge in [-0.15, -0.1) is 0 Å². The average molecular weight is 400 g/mol. The monoisotopic (exact) mass is 399 g/mol. The molecule has 154 valence electrons. The van der Waals surface area contributed by atoms with Crippen molar-refractivity contribution in [2.24, 2.45) is 17.8 Å². The van der Waals surface area contributed by atoms with Crippen molar-refractivity contribution in [3.05, 3.63) is 75.8 Å². The van der Waals surface area contributed by atoms with Gasteiger partial charge in [-0.25, -0.2) is 4.98 Å². The lowest BCUT2D eigenvalue weighted by Gasteiger charge is -2.57. The topological polar surface area (TPSA) is 46.4 Å². The molecule has 1 aromatic carbocycles. The van der Waals surface area contributed by atoms with Crippen molar-refractivity contribution in [3.63, 3.8) is 0 Å². The first-order chi connectivity index (χ1) is 14.6. The summed E-state index contributed by atoms with van der Waals surface area (Å²) in [6.07, 6.45) is 8.65. The van der Waals surface area contributed by atoms with E-state index in [0.717, 1.165) is 34.8 Å². The number of hydrogen-bond acceptors (Lipinski definition) is 3. The van der Waals surface area contributed by atoms with Crippen LogP contribution in [-0.4, -0.2) is 9.38 Å². The highest BCUT2D eigenvalue weighted by Gasteiger charge is 2.51. The molecule has 2 aromatic heterocycles. The molecule has 0 saturated heterocycles. The second-order valence-corrected chi connectivity index (χ2v) is 10.1. The molecule has 4 heteroatoms. The zero-order valence-corrected chi connectivity index (χ0v) is 17.6. The van der Waals surface area contributed by atoms with E-state index in [1.54, 1.807) is 16.0 Å². The van der Waals surface area contributed by atoms with Crippen LogP contribution >= 0.6 is 0 Å². The van der Waals surface area contributed by atoms with Gasteiger partial charge in [0.25, 0.3) is 5.56 Å². The third kappa shape index (κ3) is 2.96. The molecule has 4 nitrogen and oxygen atoms in total. The highest BCUT2D eigenvalue weighted by molar-refractivity contribution is 5.47. The number of benzene rings is 1. The van der Waals surface area contributed by atoms with E-state index in [-0.39, 0.29) is 5.56 Å². The van der Waals surface area contributed by atoms with E-state index in [0.29, 0.717) is 17.6 Å². The van der Waals surface area contributed by atoms with Crippen molar-refractivity contribution in [2.45, 2.75) is 57.4 Å². The van der Waals surface area contributed by atoms with Gasteiger partial charge in [-0.1, -0.05) is 18.2 Å². The van der Waals surface area contributed by atoms with E-state index < -0.39 is 0 Å². The molecule has 4 bridgehead atoms. The Kier molecular flexibility index (Phi) is 4.06. The van der Waals surface area contributed by atoms with Crippen LogP contribution in [0, 0.1) is 24.7 Å². The largest absolute Gasteiger partial charge is 0.379 e. The summed E-state index contributed by atoms with van der Waals surface area (Å²) < 4.78 is 1.66. The Hall–Kier alpha value is -2.62. The van der Waals surface area contributed by atoms with Gasteiger partial charge >= 0.3 is 0 Å². The molecule has 4 aliphatic rings. The second kappa shape index (κ2) is 6.69. The first kappa shape index (κ1) is 18.2. The van der Waals surface area contributed by atoms with Gasteiger partial charge in [0, 0.05) is 17.4 Å². The van der Waals surface area contributed by atoms with Crippen LogP contribution in [0.15, 0.2) is 53.3 Å². The van der Waals surface area contributed by atoms with Gasteiger partial charge in [0.05, 0.1) is 12.2 Å². The van der Waals surface area contributed by atoms with Gasteiger partial charge in [-0.3, -0.25) is 9.20 Å². The average Bonchev–Trinajstić information content (AvgIpc) is 2.71. The van der Waals surface area contributed by atoms with Gasteiger partial charge in [0.15, 0.2) is 0 Å². The summed E-state index contributed by atoms with van der Waals surface area (Å²) in [7, 11) is 0. The van der Waals surface area contributed by atoms with Crippen LogP contribution in [0.25, 0.3) is 5.65 Å². The molecule has 0 radical (unpaired) electrons. The molecule has 30 heavy (non-hydrogen) atoms. The Bertz CT molecular complexity index is 1130. The predicted octanol–water partition coefficient (Wildman–Crippen LogP) is 5.08. The number of nitrogens with one attached hydrogen (secondary N) is 1. The van der Waals surface area contributed by atoms with Gasteiger partial charge in [0.2, 0.25) is 0 Å². The van der Waals surface area contributed by atoms with Crippen molar-refractivity contribution < 1.29 is 0 Å². The van der Waals surface area contributed by atoms with Crippen LogP contribution in [0.5, 0.6) is 0 Å². The van der Waals surface area contributed by atoms with E-state index in [4.69, 9.17) is 0 Å². The summed E-state index contributed by atoms with van der Waals surface area (Å²) in [5, 5.41) is 3.46. The fourth-order valence-electron chi connectivity index (χ4n) is 7.05. The van der Waals surface area contributed by atoms with Crippen LogP contribution in [0.2, 0.25) is 0 Å². The van der Waals surface area contributed by atoms with E-state index in [2.05, 4.69) is 34.6 Å². The molecule has 2 heterocycles. The van der Waals surface area contributed by atoms with Crippen LogP contribution in [0.3, 0.4) is 0 Å². The first-order valence-corrected chi connectivity index (χ1v) is 11.4. The molecule has 4 saturated carbocycles. The molecular formula is C26H29N3O. The molecule has 0 aliphatic heterocycles. The van der Waals surface area contributed by atoms with Crippen molar-refractivity contribution in [1.82, 2.24) is 9.38 Å². The minimum atomic E-state index is -0.0212. The lowest BCUT2D eigenvalue weighted by molar-refractivity contribution is -0.00518. The maximum atomic E-state index is 12.5. The molecule has 1 N–H and O–H groups in total. The van der Waals surface area contributed by atoms with Crippen molar-refractivity contribution in [3.8, 4) is 0 Å². The second-order valence-electron chi connectivity index (χ2n) is 10.1. The fourth-order valence-corrected chi connectivity index (χ4v) is 7.05. The molecule has 0 spiro atoms. The Labute approximate surface area is 177 Å². The molecule has 0 atom stereocenters. The van der Waals surface area contributed by atoms with Gasteiger partial charge in [0.1, 0.15) is 5.65 Å². The van der Waals surface area contributed by atoms with Crippen LogP contribution in [0.1, 0.15) is 55.5 Å². The summed E-state index contributed by atoms with van der Waals surface area (Å²) in [5.41, 5.74) is 5.45. The number of anilines is 1. The van der Waals surface area contributed by atoms with Crippen LogP contribution < -0.4 is 10.9 Å². The molecule has 0 unspecified atom stereocenters. The Balaban J connectivity index is 1.20. The molecule has 4 aliphatic carbocycles. The zero-order chi connectivity index (χ0) is 20.3. The fraction of sp³-hybridized carbons (Fsp3) is 0.462. The van der Waals surface area contributed by atoms with Gasteiger partial charge in [-0.2, -0.15) is 0 Å². The number of aryl methyl sites for hydroxylation is 1. The van der Waals surface area contributed by atoms with E-state index in [1.165, 1.54) is 38.5 Å². The highest BCUT2D eigenvalue weighted by Crippen LogP contribution is 2.60. The standard InChI is InChI=1S/C26H29N3O/c1-17-3-2-4-24-28-23(12-25(30)29(17)24)16-27-22-7-5-21(6-8-22)26-13-18-9-19(14-26)11-20(10-18)15-26/h2-8,12,18-20,27H,9-11,13-16H2,1H3. The summed E-state index contributed by atoms with van der Waals surface area (Å²) in [4.78, 5) is 17.1. The molecule has 4 fully saturated rings. The van der Waals surface area contributed by atoms with Crippen molar-refractivity contribution >= 4 is 11.3 Å². The molecular weight excluding hydrogens is 370 g/mol. The predicted molar refractivity (Wildman–Crippen MR) is 120 cm³/mol. The zero-order valence-electron chi connectivity index (χ0n) is 17.6. The third-order valence-electron chi connectivity index (χ3n) is 7.94. The van der Waals surface area contributed by atoms with Crippen molar-refractivity contribution in [2.75, 3.05) is 5.32 Å². The van der Waals surface area contributed by atoms with Gasteiger partial charge in [-0.05, 0) is 98.4 Å². The van der Waals surface area contributed by atoms with Gasteiger partial charge < -0.3 is 5.32 Å². The minimum absolute atomic E-state index is 0.0212. The lowest BCUT2D eigenvalue weighted by atomic mass is 9.48. The normalized spacial score (nSPS) is 29.4. The van der Waals surface area contributed by atoms with Crippen LogP contribution in [-0.2, 0) is 12.0 Å². The molecule has 3 aromatic rings. The van der Waals surface area contributed by atoms with E-state index in [1.807, 2.05) is 25.1 Å². The number of rotatable bonds is 4. The first-order valence-electron chi connectivity index (χ1n) is 11.4.